The van der Waals surface area contributed by atoms with Crippen LogP contribution >= 0.6 is 0 Å². The first-order valence-electron chi connectivity index (χ1n) is 4.83. The van der Waals surface area contributed by atoms with Gasteiger partial charge in [0.15, 0.2) is 0 Å². The Morgan fingerprint density at radius 2 is 2.38 bits per heavy atom. The molecule has 0 spiro atoms. The predicted molar refractivity (Wildman–Crippen MR) is 64.5 cm³/mol. The number of aromatic nitrogens is 1. The molecule has 0 radical (unpaired) electrons. The lowest BCUT2D eigenvalue weighted by Crippen LogP contribution is -2.33. The lowest BCUT2D eigenvalue weighted by Gasteiger charge is -2.10. The van der Waals surface area contributed by atoms with E-state index in [1.807, 2.05) is 6.92 Å². The highest BCUT2D eigenvalue weighted by molar-refractivity contribution is 7.84. The maximum absolute atomic E-state index is 11.7. The number of amides is 1. The predicted octanol–water partition coefficient (Wildman–Crippen LogP) is 0.161. The summed E-state index contributed by atoms with van der Waals surface area (Å²) in [4.78, 5) is 15.5. The molecule has 2 atom stereocenters. The number of pyridine rings is 1. The highest BCUT2D eigenvalue weighted by Crippen LogP contribution is 2.06. The van der Waals surface area contributed by atoms with Crippen molar-refractivity contribution < 1.29 is 9.00 Å². The minimum Gasteiger partial charge on any atom is -0.383 e. The van der Waals surface area contributed by atoms with Gasteiger partial charge in [-0.1, -0.05) is 0 Å². The van der Waals surface area contributed by atoms with Crippen molar-refractivity contribution >= 4 is 22.5 Å². The third kappa shape index (κ3) is 3.30. The van der Waals surface area contributed by atoms with E-state index in [2.05, 4.69) is 10.3 Å². The number of nitrogens with one attached hydrogen (secondary N) is 1. The summed E-state index contributed by atoms with van der Waals surface area (Å²) in [6, 6.07) is 3.25. The van der Waals surface area contributed by atoms with Crippen molar-refractivity contribution in [1.82, 2.24) is 10.3 Å². The second-order valence-corrected chi connectivity index (χ2v) is 5.26. The maximum atomic E-state index is 11.7. The first-order valence-corrected chi connectivity index (χ1v) is 6.45. The molecule has 0 aliphatic rings. The van der Waals surface area contributed by atoms with E-state index in [-0.39, 0.29) is 17.0 Å². The van der Waals surface area contributed by atoms with Gasteiger partial charge in [-0.3, -0.25) is 9.00 Å². The zero-order valence-corrected chi connectivity index (χ0v) is 10.1. The molecule has 6 heteroatoms. The van der Waals surface area contributed by atoms with Crippen LogP contribution in [0.5, 0.6) is 0 Å². The molecule has 1 rings (SSSR count). The fourth-order valence-electron chi connectivity index (χ4n) is 1.06. The van der Waals surface area contributed by atoms with Gasteiger partial charge in [0, 0.05) is 35.0 Å². The highest BCUT2D eigenvalue weighted by atomic mass is 32.2. The van der Waals surface area contributed by atoms with Gasteiger partial charge in [-0.15, -0.1) is 0 Å². The Morgan fingerprint density at radius 1 is 1.69 bits per heavy atom. The van der Waals surface area contributed by atoms with Crippen LogP contribution in [0.1, 0.15) is 17.3 Å². The zero-order valence-electron chi connectivity index (χ0n) is 9.27. The van der Waals surface area contributed by atoms with Gasteiger partial charge in [0.25, 0.3) is 5.91 Å². The number of nitrogen functional groups attached to an aromatic ring is 1. The number of carbonyl (C=O) groups excluding carboxylic acids is 1. The van der Waals surface area contributed by atoms with Crippen molar-refractivity contribution in [2.45, 2.75) is 12.2 Å². The van der Waals surface area contributed by atoms with Crippen LogP contribution in [-0.4, -0.2) is 33.2 Å². The lowest BCUT2D eigenvalue weighted by molar-refractivity contribution is 0.0954. The summed E-state index contributed by atoms with van der Waals surface area (Å²) >= 11 is 0. The van der Waals surface area contributed by atoms with Crippen LogP contribution in [0.3, 0.4) is 0 Å². The molecule has 0 aliphatic heterocycles. The van der Waals surface area contributed by atoms with E-state index in [0.29, 0.717) is 12.1 Å². The van der Waals surface area contributed by atoms with Gasteiger partial charge in [-0.05, 0) is 19.1 Å². The monoisotopic (exact) mass is 241 g/mol. The SMILES string of the molecule is CC(CNC(=O)c1cccnc1N)S(C)=O. The number of carbonyl (C=O) groups is 1. The number of hydrogen-bond acceptors (Lipinski definition) is 4. The van der Waals surface area contributed by atoms with Crippen LogP contribution in [0.25, 0.3) is 0 Å². The summed E-state index contributed by atoms with van der Waals surface area (Å²) in [5, 5.41) is 2.59. The Balaban J connectivity index is 2.60. The zero-order chi connectivity index (χ0) is 12.1. The average molecular weight is 241 g/mol. The number of hydrogen-bond donors (Lipinski definition) is 2. The van der Waals surface area contributed by atoms with Gasteiger partial charge >= 0.3 is 0 Å². The Bertz CT molecular complexity index is 409. The normalized spacial score (nSPS) is 14.1. The molecule has 0 saturated heterocycles. The molecule has 0 aliphatic carbocycles. The van der Waals surface area contributed by atoms with Crippen molar-refractivity contribution in [1.29, 1.82) is 0 Å². The summed E-state index contributed by atoms with van der Waals surface area (Å²) in [5.74, 6) is -0.0897. The Labute approximate surface area is 96.9 Å². The van der Waals surface area contributed by atoms with Crippen LogP contribution in [0.4, 0.5) is 5.82 Å². The fraction of sp³-hybridized carbons (Fsp3) is 0.400. The molecule has 88 valence electrons. The molecule has 1 amide bonds. The third-order valence-corrected chi connectivity index (χ3v) is 3.50. The van der Waals surface area contributed by atoms with Crippen LogP contribution in [0.15, 0.2) is 18.3 Å². The second kappa shape index (κ2) is 5.60. The average Bonchev–Trinajstić information content (AvgIpc) is 2.25. The molecule has 0 aromatic carbocycles. The van der Waals surface area contributed by atoms with Crippen LogP contribution in [-0.2, 0) is 10.8 Å². The summed E-state index contributed by atoms with van der Waals surface area (Å²) < 4.78 is 11.1. The molecule has 1 heterocycles. The van der Waals surface area contributed by atoms with Crippen molar-refractivity contribution in [3.05, 3.63) is 23.9 Å². The van der Waals surface area contributed by atoms with E-state index in [4.69, 9.17) is 5.73 Å². The Morgan fingerprint density at radius 3 is 2.94 bits per heavy atom. The molecular formula is C10H15N3O2S. The Hall–Kier alpha value is -1.43. The van der Waals surface area contributed by atoms with Gasteiger partial charge < -0.3 is 11.1 Å². The second-order valence-electron chi connectivity index (χ2n) is 3.46. The smallest absolute Gasteiger partial charge is 0.255 e. The summed E-state index contributed by atoms with van der Waals surface area (Å²) in [5.41, 5.74) is 5.90. The number of anilines is 1. The molecule has 1 aromatic rings. The quantitative estimate of drug-likeness (QED) is 0.786. The molecule has 5 nitrogen and oxygen atoms in total. The number of nitrogens with zero attached hydrogens (tertiary/aromatic N) is 1. The molecule has 0 bridgehead atoms. The molecule has 0 fully saturated rings. The molecule has 3 N–H and O–H groups in total. The summed E-state index contributed by atoms with van der Waals surface area (Å²) in [7, 11) is -0.950. The van der Waals surface area contributed by atoms with Crippen LogP contribution in [0.2, 0.25) is 0 Å². The third-order valence-electron chi connectivity index (χ3n) is 2.20. The molecule has 2 unspecified atom stereocenters. The van der Waals surface area contributed by atoms with E-state index in [9.17, 15) is 9.00 Å². The topological polar surface area (TPSA) is 85.1 Å². The first-order chi connectivity index (χ1) is 7.52. The van der Waals surface area contributed by atoms with Gasteiger partial charge in [0.1, 0.15) is 5.82 Å². The molecule has 1 aromatic heterocycles. The van der Waals surface area contributed by atoms with Crippen molar-refractivity contribution in [2.24, 2.45) is 0 Å². The van der Waals surface area contributed by atoms with E-state index < -0.39 is 10.8 Å². The van der Waals surface area contributed by atoms with Gasteiger partial charge in [0.2, 0.25) is 0 Å². The van der Waals surface area contributed by atoms with Crippen LogP contribution in [0, 0.1) is 0 Å². The minimum atomic E-state index is -0.950. The number of rotatable bonds is 4. The summed E-state index contributed by atoms with van der Waals surface area (Å²) in [6.45, 7) is 2.17. The first kappa shape index (κ1) is 12.6. The standard InChI is InChI=1S/C10H15N3O2S/c1-7(16(2)15)6-13-10(14)8-4-3-5-12-9(8)11/h3-5,7H,6H2,1-2H3,(H2,11,12)(H,13,14). The maximum Gasteiger partial charge on any atom is 0.255 e. The van der Waals surface area contributed by atoms with E-state index in [0.717, 1.165) is 0 Å². The van der Waals surface area contributed by atoms with Crippen molar-refractivity contribution in [2.75, 3.05) is 18.5 Å². The lowest BCUT2D eigenvalue weighted by atomic mass is 10.2. The molecular weight excluding hydrogens is 226 g/mol. The van der Waals surface area contributed by atoms with Gasteiger partial charge in [-0.2, -0.15) is 0 Å². The van der Waals surface area contributed by atoms with E-state index >= 15 is 0 Å². The summed E-state index contributed by atoms with van der Waals surface area (Å²) in [6.07, 6.45) is 3.13. The van der Waals surface area contributed by atoms with Gasteiger partial charge in [0.05, 0.1) is 5.56 Å². The molecule has 16 heavy (non-hydrogen) atoms. The minimum absolute atomic E-state index is 0.0816. The van der Waals surface area contributed by atoms with Gasteiger partial charge in [-0.25, -0.2) is 4.98 Å². The largest absolute Gasteiger partial charge is 0.383 e. The highest BCUT2D eigenvalue weighted by Gasteiger charge is 2.12. The van der Waals surface area contributed by atoms with Crippen molar-refractivity contribution in [3.8, 4) is 0 Å². The van der Waals surface area contributed by atoms with E-state index in [1.54, 1.807) is 18.4 Å². The number of nitrogens with two attached hydrogens (primary N) is 1. The molecule has 0 saturated carbocycles. The fourth-order valence-corrected chi connectivity index (χ4v) is 1.38. The van der Waals surface area contributed by atoms with Crippen LogP contribution < -0.4 is 11.1 Å². The van der Waals surface area contributed by atoms with E-state index in [1.165, 1.54) is 6.20 Å². The van der Waals surface area contributed by atoms with Crippen molar-refractivity contribution in [3.63, 3.8) is 0 Å². The Kier molecular flexibility index (Phi) is 4.42.